The maximum Gasteiger partial charge on any atom is 0.196 e. The molecule has 0 fully saturated rings. The fourth-order valence-electron chi connectivity index (χ4n) is 2.52. The van der Waals surface area contributed by atoms with Crippen molar-refractivity contribution in [3.05, 3.63) is 41.5 Å². The van der Waals surface area contributed by atoms with Gasteiger partial charge in [0.15, 0.2) is 5.78 Å². The van der Waals surface area contributed by atoms with Crippen molar-refractivity contribution in [1.29, 1.82) is 0 Å². The van der Waals surface area contributed by atoms with Gasteiger partial charge in [0, 0.05) is 12.2 Å². The van der Waals surface area contributed by atoms with Crippen molar-refractivity contribution in [2.45, 2.75) is 51.6 Å². The molecule has 1 aliphatic carbocycles. The van der Waals surface area contributed by atoms with Crippen molar-refractivity contribution < 1.29 is 9.53 Å². The summed E-state index contributed by atoms with van der Waals surface area (Å²) in [5.41, 5.74) is 1.78. The first-order valence-corrected chi connectivity index (χ1v) is 7.76. The third-order valence-electron chi connectivity index (χ3n) is 3.73. The number of hydrogen-bond acceptors (Lipinski definition) is 2. The van der Waals surface area contributed by atoms with E-state index in [1.807, 2.05) is 36.4 Å². The fourth-order valence-corrected chi connectivity index (χ4v) is 2.52. The number of fused-ring (bicyclic) bond motifs is 1. The summed E-state index contributed by atoms with van der Waals surface area (Å²) >= 11 is 0. The first-order valence-electron chi connectivity index (χ1n) is 7.76. The molecule has 0 heterocycles. The molecule has 0 saturated carbocycles. The first kappa shape index (κ1) is 15.0. The molecule has 0 N–H and O–H groups in total. The van der Waals surface area contributed by atoms with Crippen LogP contribution in [0.25, 0.3) is 6.08 Å². The van der Waals surface area contributed by atoms with Gasteiger partial charge in [-0.2, -0.15) is 0 Å². The Morgan fingerprint density at radius 3 is 2.65 bits per heavy atom. The van der Waals surface area contributed by atoms with Crippen LogP contribution in [0.4, 0.5) is 0 Å². The number of carbonyl (C=O) groups excluding carboxylic acids is 1. The van der Waals surface area contributed by atoms with E-state index in [4.69, 9.17) is 4.74 Å². The molecule has 1 aromatic carbocycles. The molecule has 0 aliphatic heterocycles. The highest BCUT2D eigenvalue weighted by Crippen LogP contribution is 2.20. The smallest absolute Gasteiger partial charge is 0.196 e. The Bertz CT molecular complexity index is 462. The highest BCUT2D eigenvalue weighted by Gasteiger charge is 2.23. The van der Waals surface area contributed by atoms with Crippen LogP contribution in [0, 0.1) is 0 Å². The number of benzene rings is 1. The Labute approximate surface area is 121 Å². The zero-order valence-electron chi connectivity index (χ0n) is 12.3. The molecule has 1 unspecified atom stereocenters. The summed E-state index contributed by atoms with van der Waals surface area (Å²) in [6.07, 6.45) is 10.9. The number of rotatable bonds is 8. The maximum absolute atomic E-state index is 12.2. The van der Waals surface area contributed by atoms with Gasteiger partial charge in [-0.3, -0.25) is 4.79 Å². The van der Waals surface area contributed by atoms with Crippen LogP contribution in [0.1, 0.15) is 61.4 Å². The van der Waals surface area contributed by atoms with E-state index in [1.54, 1.807) is 0 Å². The third kappa shape index (κ3) is 4.04. The summed E-state index contributed by atoms with van der Waals surface area (Å²) in [6, 6.07) is 7.70. The van der Waals surface area contributed by atoms with Gasteiger partial charge in [-0.25, -0.2) is 0 Å². The molecule has 2 nitrogen and oxygen atoms in total. The number of unbranched alkanes of at least 4 members (excludes halogenated alkanes) is 5. The zero-order valence-corrected chi connectivity index (χ0v) is 12.3. The van der Waals surface area contributed by atoms with Crippen molar-refractivity contribution in [2.75, 3.05) is 6.61 Å². The second kappa shape index (κ2) is 8.01. The number of carbonyl (C=O) groups is 1. The molecule has 0 saturated heterocycles. The van der Waals surface area contributed by atoms with E-state index in [2.05, 4.69) is 6.92 Å². The van der Waals surface area contributed by atoms with Gasteiger partial charge in [0.2, 0.25) is 0 Å². The summed E-state index contributed by atoms with van der Waals surface area (Å²) in [5.74, 6) is 0.0917. The number of hydrogen-bond donors (Lipinski definition) is 0. The van der Waals surface area contributed by atoms with E-state index in [0.717, 1.165) is 17.5 Å². The van der Waals surface area contributed by atoms with E-state index in [1.165, 1.54) is 32.1 Å². The molecule has 20 heavy (non-hydrogen) atoms. The van der Waals surface area contributed by atoms with E-state index in [9.17, 15) is 4.79 Å². The summed E-state index contributed by atoms with van der Waals surface area (Å²) in [6.45, 7) is 2.90. The van der Waals surface area contributed by atoms with Crippen LogP contribution in [0.2, 0.25) is 0 Å². The highest BCUT2D eigenvalue weighted by molar-refractivity contribution is 6.06. The fraction of sp³-hybridized carbons (Fsp3) is 0.500. The number of Topliss-reactive ketones (excluding diaryl/α,β-unsaturated/α-hetero) is 1. The lowest BCUT2D eigenvalue weighted by molar-refractivity contribution is 0.0553. The van der Waals surface area contributed by atoms with E-state index < -0.39 is 0 Å². The molecule has 0 aromatic heterocycles. The van der Waals surface area contributed by atoms with Crippen LogP contribution >= 0.6 is 0 Å². The summed E-state index contributed by atoms with van der Waals surface area (Å²) in [7, 11) is 0. The molecule has 0 amide bonds. The van der Waals surface area contributed by atoms with Gasteiger partial charge in [0.05, 0.1) is 0 Å². The molecular formula is C18H24O2. The maximum atomic E-state index is 12.2. The average molecular weight is 272 g/mol. The molecule has 1 aromatic rings. The Morgan fingerprint density at radius 1 is 1.05 bits per heavy atom. The van der Waals surface area contributed by atoms with Gasteiger partial charge in [0.1, 0.15) is 6.10 Å². The summed E-state index contributed by atoms with van der Waals surface area (Å²) in [5, 5.41) is 0. The normalized spacial score (nSPS) is 17.2. The summed E-state index contributed by atoms with van der Waals surface area (Å²) < 4.78 is 5.72. The predicted molar refractivity (Wildman–Crippen MR) is 82.9 cm³/mol. The first-order chi connectivity index (χ1) is 9.83. The lowest BCUT2D eigenvalue weighted by Gasteiger charge is -2.18. The highest BCUT2D eigenvalue weighted by atomic mass is 16.5. The molecule has 0 spiro atoms. The van der Waals surface area contributed by atoms with Crippen molar-refractivity contribution in [1.82, 2.24) is 0 Å². The Kier molecular flexibility index (Phi) is 6.00. The minimum atomic E-state index is -0.388. The van der Waals surface area contributed by atoms with Crippen molar-refractivity contribution in [3.63, 3.8) is 0 Å². The van der Waals surface area contributed by atoms with Gasteiger partial charge in [-0.05, 0) is 18.1 Å². The van der Waals surface area contributed by atoms with Crippen LogP contribution < -0.4 is 0 Å². The van der Waals surface area contributed by atoms with Crippen LogP contribution in [0.5, 0.6) is 0 Å². The van der Waals surface area contributed by atoms with E-state index >= 15 is 0 Å². The second-order valence-corrected chi connectivity index (χ2v) is 5.37. The second-order valence-electron chi connectivity index (χ2n) is 5.37. The van der Waals surface area contributed by atoms with Gasteiger partial charge in [0.25, 0.3) is 0 Å². The Balaban J connectivity index is 1.72. The van der Waals surface area contributed by atoms with Crippen LogP contribution in [-0.4, -0.2) is 18.5 Å². The molecule has 2 rings (SSSR count). The molecule has 0 radical (unpaired) electrons. The Hall–Kier alpha value is -1.41. The summed E-state index contributed by atoms with van der Waals surface area (Å²) in [4.78, 5) is 12.2. The lowest BCUT2D eigenvalue weighted by atomic mass is 9.94. The molecule has 1 atom stereocenters. The van der Waals surface area contributed by atoms with E-state index in [0.29, 0.717) is 6.61 Å². The average Bonchev–Trinajstić information content (AvgIpc) is 2.49. The minimum absolute atomic E-state index is 0.0917. The number of ether oxygens (including phenoxy) is 1. The third-order valence-corrected chi connectivity index (χ3v) is 3.73. The minimum Gasteiger partial charge on any atom is -0.366 e. The molecule has 108 valence electrons. The molecular weight excluding hydrogens is 248 g/mol. The van der Waals surface area contributed by atoms with Crippen molar-refractivity contribution >= 4 is 11.9 Å². The van der Waals surface area contributed by atoms with Crippen LogP contribution in [0.15, 0.2) is 30.3 Å². The largest absolute Gasteiger partial charge is 0.366 e. The lowest BCUT2D eigenvalue weighted by Crippen LogP contribution is -2.25. The zero-order chi connectivity index (χ0) is 14.2. The SMILES string of the molecule is CCCCCCCCOC1C=Cc2ccccc2C1=O. The van der Waals surface area contributed by atoms with Crippen LogP contribution in [0.3, 0.4) is 0 Å². The Morgan fingerprint density at radius 2 is 1.80 bits per heavy atom. The standard InChI is InChI=1S/C18H24O2/c1-2-3-4-5-6-9-14-20-17-13-12-15-10-7-8-11-16(15)18(17)19/h7-8,10-13,17H,2-6,9,14H2,1H3. The molecule has 1 aliphatic rings. The topological polar surface area (TPSA) is 26.3 Å². The van der Waals surface area contributed by atoms with Gasteiger partial charge in [-0.1, -0.05) is 69.4 Å². The van der Waals surface area contributed by atoms with E-state index in [-0.39, 0.29) is 11.9 Å². The van der Waals surface area contributed by atoms with Crippen molar-refractivity contribution in [2.24, 2.45) is 0 Å². The van der Waals surface area contributed by atoms with Gasteiger partial charge in [-0.15, -0.1) is 0 Å². The van der Waals surface area contributed by atoms with Crippen LogP contribution in [-0.2, 0) is 4.74 Å². The quantitative estimate of drug-likeness (QED) is 0.644. The monoisotopic (exact) mass is 272 g/mol. The van der Waals surface area contributed by atoms with Crippen molar-refractivity contribution in [3.8, 4) is 0 Å². The number of ketones is 1. The van der Waals surface area contributed by atoms with Gasteiger partial charge < -0.3 is 4.74 Å². The molecule has 0 bridgehead atoms. The van der Waals surface area contributed by atoms with Gasteiger partial charge >= 0.3 is 0 Å². The predicted octanol–water partition coefficient (Wildman–Crippen LogP) is 4.64. The molecule has 2 heteroatoms.